The predicted octanol–water partition coefficient (Wildman–Crippen LogP) is 3.24. The zero-order valence-corrected chi connectivity index (χ0v) is 13.1. The molecule has 0 saturated carbocycles. The van der Waals surface area contributed by atoms with Crippen molar-refractivity contribution < 1.29 is 9.53 Å². The van der Waals surface area contributed by atoms with Crippen molar-refractivity contribution >= 4 is 17.7 Å². The summed E-state index contributed by atoms with van der Waals surface area (Å²) in [4.78, 5) is 16.1. The first-order valence-electron chi connectivity index (χ1n) is 6.86. The van der Waals surface area contributed by atoms with Crippen LogP contribution in [0.5, 0.6) is 0 Å². The molecule has 1 aromatic carbocycles. The number of methoxy groups -OCH3 is 1. The molecule has 21 heavy (non-hydrogen) atoms. The Bertz CT molecular complexity index is 552. The van der Waals surface area contributed by atoms with E-state index in [9.17, 15) is 4.79 Å². The number of hydrogen-bond donors (Lipinski definition) is 2. The molecule has 0 saturated heterocycles. The minimum Gasteiger partial charge on any atom is -0.384 e. The molecule has 4 nitrogen and oxygen atoms in total. The topological polar surface area (TPSA) is 54.1 Å². The van der Waals surface area contributed by atoms with Crippen molar-refractivity contribution in [3.05, 3.63) is 53.9 Å². The Morgan fingerprint density at radius 1 is 1.33 bits per heavy atom. The third-order valence-corrected chi connectivity index (χ3v) is 4.10. The molecule has 5 heteroatoms. The van der Waals surface area contributed by atoms with E-state index in [1.165, 1.54) is 4.90 Å². The second-order valence-electron chi connectivity index (χ2n) is 4.69. The first-order chi connectivity index (χ1) is 10.2. The highest BCUT2D eigenvalue weighted by molar-refractivity contribution is 7.99. The quantitative estimate of drug-likeness (QED) is 0.610. The maximum Gasteiger partial charge on any atom is 0.268 e. The molecule has 112 valence electrons. The molecule has 1 atom stereocenters. The number of carbonyl (C=O) groups is 1. The Kier molecular flexibility index (Phi) is 5.90. The number of benzene rings is 1. The zero-order chi connectivity index (χ0) is 15.1. The maximum atomic E-state index is 12.0. The smallest absolute Gasteiger partial charge is 0.268 e. The SMILES string of the molecule is COCCSc1ccc(C(C)NC(=O)c2ccc[nH]2)cc1. The van der Waals surface area contributed by atoms with Crippen LogP contribution >= 0.6 is 11.8 Å². The van der Waals surface area contributed by atoms with E-state index in [0.717, 1.165) is 17.9 Å². The number of amides is 1. The van der Waals surface area contributed by atoms with Gasteiger partial charge in [0.1, 0.15) is 5.69 Å². The van der Waals surface area contributed by atoms with Crippen LogP contribution in [0.25, 0.3) is 0 Å². The van der Waals surface area contributed by atoms with Crippen molar-refractivity contribution in [1.29, 1.82) is 0 Å². The van der Waals surface area contributed by atoms with Gasteiger partial charge < -0.3 is 15.0 Å². The van der Waals surface area contributed by atoms with Gasteiger partial charge in [-0.25, -0.2) is 0 Å². The number of rotatable bonds is 7. The van der Waals surface area contributed by atoms with Crippen LogP contribution in [0, 0.1) is 0 Å². The predicted molar refractivity (Wildman–Crippen MR) is 85.7 cm³/mol. The molecule has 0 aliphatic carbocycles. The van der Waals surface area contributed by atoms with Crippen molar-refractivity contribution in [2.24, 2.45) is 0 Å². The molecule has 0 fully saturated rings. The summed E-state index contributed by atoms with van der Waals surface area (Å²) in [5.41, 5.74) is 1.67. The summed E-state index contributed by atoms with van der Waals surface area (Å²) in [6.07, 6.45) is 1.74. The first-order valence-corrected chi connectivity index (χ1v) is 7.85. The fourth-order valence-electron chi connectivity index (χ4n) is 1.92. The lowest BCUT2D eigenvalue weighted by atomic mass is 10.1. The number of nitrogens with one attached hydrogen (secondary N) is 2. The number of H-pyrrole nitrogens is 1. The monoisotopic (exact) mass is 304 g/mol. The lowest BCUT2D eigenvalue weighted by Crippen LogP contribution is -2.26. The van der Waals surface area contributed by atoms with Crippen molar-refractivity contribution in [3.8, 4) is 0 Å². The van der Waals surface area contributed by atoms with Gasteiger partial charge in [0.15, 0.2) is 0 Å². The summed E-state index contributed by atoms with van der Waals surface area (Å²) in [6.45, 7) is 2.73. The molecule has 0 bridgehead atoms. The highest BCUT2D eigenvalue weighted by Crippen LogP contribution is 2.21. The second-order valence-corrected chi connectivity index (χ2v) is 5.86. The fourth-order valence-corrected chi connectivity index (χ4v) is 2.74. The molecule has 2 rings (SSSR count). The van der Waals surface area contributed by atoms with Gasteiger partial charge in [-0.05, 0) is 36.8 Å². The molecule has 0 spiro atoms. The Morgan fingerprint density at radius 3 is 2.71 bits per heavy atom. The molecule has 1 amide bonds. The number of hydrogen-bond acceptors (Lipinski definition) is 3. The third-order valence-electron chi connectivity index (χ3n) is 3.13. The van der Waals surface area contributed by atoms with Gasteiger partial charge in [-0.2, -0.15) is 0 Å². The van der Waals surface area contributed by atoms with Crippen LogP contribution in [-0.2, 0) is 4.74 Å². The Balaban J connectivity index is 1.90. The average Bonchev–Trinajstić information content (AvgIpc) is 3.02. The Morgan fingerprint density at radius 2 is 2.10 bits per heavy atom. The summed E-state index contributed by atoms with van der Waals surface area (Å²) in [5.74, 6) is 0.848. The molecular formula is C16H20N2O2S. The van der Waals surface area contributed by atoms with Gasteiger partial charge in [-0.3, -0.25) is 4.79 Å². The minimum absolute atomic E-state index is 0.0289. The van der Waals surface area contributed by atoms with Crippen molar-refractivity contribution in [2.45, 2.75) is 17.9 Å². The molecule has 0 aliphatic rings. The number of aromatic amines is 1. The van der Waals surface area contributed by atoms with Crippen LogP contribution in [0.4, 0.5) is 0 Å². The van der Waals surface area contributed by atoms with Gasteiger partial charge in [-0.1, -0.05) is 12.1 Å². The lowest BCUT2D eigenvalue weighted by Gasteiger charge is -2.14. The van der Waals surface area contributed by atoms with E-state index in [2.05, 4.69) is 34.6 Å². The highest BCUT2D eigenvalue weighted by Gasteiger charge is 2.11. The second kappa shape index (κ2) is 7.90. The Labute approximate surface area is 129 Å². The first kappa shape index (κ1) is 15.7. The standard InChI is InChI=1S/C16H20N2O2S/c1-12(18-16(19)15-4-3-9-17-15)13-5-7-14(8-6-13)21-11-10-20-2/h3-9,12,17H,10-11H2,1-2H3,(H,18,19). The van der Waals surface area contributed by atoms with Crippen LogP contribution in [0.15, 0.2) is 47.5 Å². The summed E-state index contributed by atoms with van der Waals surface area (Å²) >= 11 is 1.76. The molecule has 1 heterocycles. The number of aromatic nitrogens is 1. The molecule has 2 aromatic rings. The van der Waals surface area contributed by atoms with Gasteiger partial charge in [0.25, 0.3) is 5.91 Å². The molecule has 0 aliphatic heterocycles. The third kappa shape index (κ3) is 4.65. The minimum atomic E-state index is -0.0916. The van der Waals surface area contributed by atoms with Crippen LogP contribution in [0.2, 0.25) is 0 Å². The number of carbonyl (C=O) groups excluding carboxylic acids is 1. The molecular weight excluding hydrogens is 284 g/mol. The number of thioether (sulfide) groups is 1. The van der Waals surface area contributed by atoms with Crippen molar-refractivity contribution in [1.82, 2.24) is 10.3 Å². The van der Waals surface area contributed by atoms with Gasteiger partial charge in [0.2, 0.25) is 0 Å². The molecule has 1 unspecified atom stereocenters. The summed E-state index contributed by atoms with van der Waals surface area (Å²) in [6, 6.07) is 11.8. The van der Waals surface area contributed by atoms with Gasteiger partial charge in [-0.15, -0.1) is 11.8 Å². The fraction of sp³-hybridized carbons (Fsp3) is 0.312. The van der Waals surface area contributed by atoms with Crippen LogP contribution in [0.1, 0.15) is 29.0 Å². The highest BCUT2D eigenvalue weighted by atomic mass is 32.2. The summed E-state index contributed by atoms with van der Waals surface area (Å²) in [7, 11) is 1.71. The molecule has 0 radical (unpaired) electrons. The van der Waals surface area contributed by atoms with Crippen molar-refractivity contribution in [3.63, 3.8) is 0 Å². The summed E-state index contributed by atoms with van der Waals surface area (Å²) < 4.78 is 5.03. The van der Waals surface area contributed by atoms with E-state index in [4.69, 9.17) is 4.74 Å². The van der Waals surface area contributed by atoms with Crippen molar-refractivity contribution in [2.75, 3.05) is 19.5 Å². The van der Waals surface area contributed by atoms with E-state index in [-0.39, 0.29) is 11.9 Å². The van der Waals surface area contributed by atoms with E-state index >= 15 is 0 Å². The van der Waals surface area contributed by atoms with Crippen LogP contribution in [-0.4, -0.2) is 30.4 Å². The van der Waals surface area contributed by atoms with Gasteiger partial charge in [0, 0.05) is 24.0 Å². The van der Waals surface area contributed by atoms with Gasteiger partial charge in [0.05, 0.1) is 12.6 Å². The average molecular weight is 304 g/mol. The van der Waals surface area contributed by atoms with E-state index in [1.807, 2.05) is 13.0 Å². The Hall–Kier alpha value is -1.72. The van der Waals surface area contributed by atoms with E-state index in [1.54, 1.807) is 31.1 Å². The molecule has 1 aromatic heterocycles. The lowest BCUT2D eigenvalue weighted by molar-refractivity contribution is 0.0935. The van der Waals surface area contributed by atoms with E-state index < -0.39 is 0 Å². The zero-order valence-electron chi connectivity index (χ0n) is 12.3. The number of ether oxygens (including phenoxy) is 1. The molecule has 2 N–H and O–H groups in total. The van der Waals surface area contributed by atoms with Gasteiger partial charge >= 0.3 is 0 Å². The maximum absolute atomic E-state index is 12.0. The van der Waals surface area contributed by atoms with Crippen LogP contribution in [0.3, 0.4) is 0 Å². The van der Waals surface area contributed by atoms with E-state index in [0.29, 0.717) is 5.69 Å². The summed E-state index contributed by atoms with van der Waals surface area (Å²) in [5, 5.41) is 2.97. The van der Waals surface area contributed by atoms with Crippen LogP contribution < -0.4 is 5.32 Å². The largest absolute Gasteiger partial charge is 0.384 e. The normalized spacial score (nSPS) is 12.1.